The molecule has 0 bridgehead atoms. The van der Waals surface area contributed by atoms with Crippen molar-refractivity contribution in [3.05, 3.63) is 60.8 Å². The second-order valence-corrected chi connectivity index (χ2v) is 6.96. The zero-order valence-electron chi connectivity index (χ0n) is 16.1. The Morgan fingerprint density at radius 1 is 1.27 bits per heavy atom. The van der Waals surface area contributed by atoms with Crippen molar-refractivity contribution in [3.63, 3.8) is 0 Å². The van der Waals surface area contributed by atoms with Crippen LogP contribution < -0.4 is 5.32 Å². The van der Waals surface area contributed by atoms with E-state index >= 15 is 0 Å². The lowest BCUT2D eigenvalue weighted by Crippen LogP contribution is -2.29. The summed E-state index contributed by atoms with van der Waals surface area (Å²) in [6.07, 6.45) is 8.34. The minimum atomic E-state index is -0.895. The fourth-order valence-corrected chi connectivity index (χ4v) is 3.08. The van der Waals surface area contributed by atoms with Gasteiger partial charge in [0.2, 0.25) is 0 Å². The molecule has 4 aromatic heterocycles. The van der Waals surface area contributed by atoms with Gasteiger partial charge >= 0.3 is 5.97 Å². The third kappa shape index (κ3) is 4.02. The summed E-state index contributed by atoms with van der Waals surface area (Å²) in [5.74, 6) is -1.40. The van der Waals surface area contributed by atoms with Crippen molar-refractivity contribution in [2.24, 2.45) is 5.92 Å². The molecule has 10 nitrogen and oxygen atoms in total. The van der Waals surface area contributed by atoms with Gasteiger partial charge in [-0.3, -0.25) is 19.0 Å². The molecule has 4 heterocycles. The van der Waals surface area contributed by atoms with E-state index in [1.54, 1.807) is 36.3 Å². The molecule has 0 aromatic carbocycles. The molecule has 1 amide bonds. The molecule has 1 unspecified atom stereocenters. The number of nitrogens with zero attached hydrogens (tertiary/aromatic N) is 6. The van der Waals surface area contributed by atoms with Crippen molar-refractivity contribution in [1.82, 2.24) is 34.7 Å². The lowest BCUT2D eigenvalue weighted by Gasteiger charge is -2.10. The highest BCUT2D eigenvalue weighted by Gasteiger charge is 2.13. The molecule has 0 aliphatic heterocycles. The van der Waals surface area contributed by atoms with E-state index in [0.29, 0.717) is 16.9 Å². The molecule has 0 aliphatic carbocycles. The van der Waals surface area contributed by atoms with Crippen LogP contribution in [0.15, 0.2) is 55.2 Å². The summed E-state index contributed by atoms with van der Waals surface area (Å²) in [7, 11) is 0. The van der Waals surface area contributed by atoms with E-state index in [1.165, 1.54) is 6.20 Å². The van der Waals surface area contributed by atoms with Crippen molar-refractivity contribution in [3.8, 4) is 17.1 Å². The number of rotatable bonds is 7. The molecule has 0 fully saturated rings. The summed E-state index contributed by atoms with van der Waals surface area (Å²) in [5, 5.41) is 19.9. The van der Waals surface area contributed by atoms with E-state index in [0.717, 1.165) is 11.3 Å². The molecule has 0 saturated heterocycles. The first kappa shape index (κ1) is 19.2. The maximum atomic E-state index is 12.4. The number of pyridine rings is 2. The Morgan fingerprint density at radius 3 is 2.97 bits per heavy atom. The molecular weight excluding hydrogens is 386 g/mol. The van der Waals surface area contributed by atoms with Gasteiger partial charge in [-0.1, -0.05) is 18.2 Å². The Kier molecular flexibility index (Phi) is 5.21. The van der Waals surface area contributed by atoms with Crippen LogP contribution in [0.1, 0.15) is 23.7 Å². The number of amides is 1. The molecule has 10 heteroatoms. The average Bonchev–Trinajstić information content (AvgIpc) is 3.41. The van der Waals surface area contributed by atoms with Crippen LogP contribution in [-0.2, 0) is 4.79 Å². The first-order valence-corrected chi connectivity index (χ1v) is 9.31. The van der Waals surface area contributed by atoms with E-state index in [1.807, 2.05) is 28.8 Å². The van der Waals surface area contributed by atoms with Crippen molar-refractivity contribution in [2.45, 2.75) is 13.3 Å². The summed E-state index contributed by atoms with van der Waals surface area (Å²) < 4.78 is 3.46. The topological polar surface area (TPSA) is 127 Å². The number of aromatic nitrogens is 6. The molecule has 0 radical (unpaired) electrons. The second-order valence-electron chi connectivity index (χ2n) is 6.96. The van der Waals surface area contributed by atoms with Gasteiger partial charge in [0, 0.05) is 31.6 Å². The van der Waals surface area contributed by atoms with E-state index in [2.05, 4.69) is 25.6 Å². The number of hydrogen-bond donors (Lipinski definition) is 2. The Hall–Kier alpha value is -4.08. The lowest BCUT2D eigenvalue weighted by molar-refractivity contribution is -0.137. The number of aliphatic carboxylic acids is 1. The molecule has 4 aromatic rings. The van der Waals surface area contributed by atoms with Gasteiger partial charge in [-0.05, 0) is 24.1 Å². The standard InChI is InChI=1S/C20H19N7O3/c1-13(7-19(28)29)9-23-20(30)14-8-15(11-21-10-14)27-12-16(24-25-27)17-3-2-4-18-22-5-6-26(17)18/h2-6,8,10-13H,7,9H2,1H3,(H,23,30)(H,28,29). The normalized spacial score (nSPS) is 12.0. The maximum absolute atomic E-state index is 12.4. The monoisotopic (exact) mass is 405 g/mol. The van der Waals surface area contributed by atoms with Gasteiger partial charge in [0.1, 0.15) is 11.3 Å². The van der Waals surface area contributed by atoms with Crippen LogP contribution in [0.4, 0.5) is 0 Å². The van der Waals surface area contributed by atoms with Gasteiger partial charge in [-0.25, -0.2) is 9.67 Å². The number of nitrogens with one attached hydrogen (secondary N) is 1. The zero-order valence-corrected chi connectivity index (χ0v) is 16.1. The maximum Gasteiger partial charge on any atom is 0.303 e. The molecule has 0 aliphatic rings. The van der Waals surface area contributed by atoms with Crippen LogP contribution in [0.25, 0.3) is 22.7 Å². The van der Waals surface area contributed by atoms with Crippen molar-refractivity contribution < 1.29 is 14.7 Å². The molecule has 0 spiro atoms. The minimum absolute atomic E-state index is 0.00995. The molecule has 30 heavy (non-hydrogen) atoms. The van der Waals surface area contributed by atoms with Gasteiger partial charge in [0.05, 0.1) is 29.3 Å². The highest BCUT2D eigenvalue weighted by atomic mass is 16.4. The quantitative estimate of drug-likeness (QED) is 0.480. The summed E-state index contributed by atoms with van der Waals surface area (Å²) in [6, 6.07) is 7.37. The molecule has 1 atom stereocenters. The minimum Gasteiger partial charge on any atom is -0.481 e. The largest absolute Gasteiger partial charge is 0.481 e. The van der Waals surface area contributed by atoms with Crippen molar-refractivity contribution in [1.29, 1.82) is 0 Å². The second kappa shape index (κ2) is 8.11. The molecular formula is C20H19N7O3. The van der Waals surface area contributed by atoms with Crippen LogP contribution >= 0.6 is 0 Å². The average molecular weight is 405 g/mol. The number of imidazole rings is 1. The van der Waals surface area contributed by atoms with Crippen LogP contribution in [0.3, 0.4) is 0 Å². The molecule has 152 valence electrons. The number of carbonyl (C=O) groups excluding carboxylic acids is 1. The number of carboxylic acid groups (broad SMARTS) is 1. The van der Waals surface area contributed by atoms with E-state index in [4.69, 9.17) is 5.11 Å². The summed E-state index contributed by atoms with van der Waals surface area (Å²) >= 11 is 0. The fourth-order valence-electron chi connectivity index (χ4n) is 3.08. The Bertz CT molecular complexity index is 1210. The highest BCUT2D eigenvalue weighted by molar-refractivity contribution is 5.94. The Balaban J connectivity index is 1.53. The van der Waals surface area contributed by atoms with Gasteiger partial charge in [-0.2, -0.15) is 0 Å². The van der Waals surface area contributed by atoms with Gasteiger partial charge in [0.25, 0.3) is 5.91 Å². The third-order valence-electron chi connectivity index (χ3n) is 4.57. The predicted molar refractivity (Wildman–Crippen MR) is 107 cm³/mol. The van der Waals surface area contributed by atoms with E-state index in [9.17, 15) is 9.59 Å². The van der Waals surface area contributed by atoms with Crippen LogP contribution in [0, 0.1) is 5.92 Å². The Morgan fingerprint density at radius 2 is 2.13 bits per heavy atom. The first-order chi connectivity index (χ1) is 14.5. The van der Waals surface area contributed by atoms with E-state index in [-0.39, 0.29) is 24.8 Å². The number of hydrogen-bond acceptors (Lipinski definition) is 6. The summed E-state index contributed by atoms with van der Waals surface area (Å²) in [5.41, 5.74) is 3.22. The van der Waals surface area contributed by atoms with Crippen molar-refractivity contribution >= 4 is 17.5 Å². The van der Waals surface area contributed by atoms with Gasteiger partial charge < -0.3 is 10.4 Å². The molecule has 0 saturated carbocycles. The Labute approximate surface area is 171 Å². The van der Waals surface area contributed by atoms with Gasteiger partial charge in [0.15, 0.2) is 0 Å². The summed E-state index contributed by atoms with van der Waals surface area (Å²) in [4.78, 5) is 31.5. The number of carbonyl (C=O) groups is 2. The third-order valence-corrected chi connectivity index (χ3v) is 4.57. The first-order valence-electron chi connectivity index (χ1n) is 9.31. The van der Waals surface area contributed by atoms with Crippen molar-refractivity contribution in [2.75, 3.05) is 6.54 Å². The number of fused-ring (bicyclic) bond motifs is 1. The zero-order chi connectivity index (χ0) is 21.1. The van der Waals surface area contributed by atoms with Crippen LogP contribution in [-0.4, -0.2) is 52.9 Å². The van der Waals surface area contributed by atoms with Crippen LogP contribution in [0.5, 0.6) is 0 Å². The van der Waals surface area contributed by atoms with Gasteiger partial charge in [-0.15, -0.1) is 5.10 Å². The SMILES string of the molecule is CC(CNC(=O)c1cncc(-n2cc(-c3cccc4nccn34)nn2)c1)CC(=O)O. The number of carboxylic acids is 1. The molecule has 2 N–H and O–H groups in total. The smallest absolute Gasteiger partial charge is 0.303 e. The van der Waals surface area contributed by atoms with E-state index < -0.39 is 5.97 Å². The lowest BCUT2D eigenvalue weighted by atomic mass is 10.1. The summed E-state index contributed by atoms with van der Waals surface area (Å²) in [6.45, 7) is 2.03. The fraction of sp³-hybridized carbons (Fsp3) is 0.200. The highest BCUT2D eigenvalue weighted by Crippen LogP contribution is 2.19. The predicted octanol–water partition coefficient (Wildman–Crippen LogP) is 1.82. The van der Waals surface area contributed by atoms with Crippen LogP contribution in [0.2, 0.25) is 0 Å². The molecule has 4 rings (SSSR count).